The summed E-state index contributed by atoms with van der Waals surface area (Å²) in [6, 6.07) is 0. The molecule has 19 heavy (non-hydrogen) atoms. The molecule has 0 radical (unpaired) electrons. The van der Waals surface area contributed by atoms with Gasteiger partial charge in [-0.25, -0.2) is 0 Å². The highest BCUT2D eigenvalue weighted by Crippen LogP contribution is 2.35. The number of hydrogen-bond donors (Lipinski definition) is 1. The van der Waals surface area contributed by atoms with Crippen LogP contribution in [0, 0.1) is 17.8 Å². The summed E-state index contributed by atoms with van der Waals surface area (Å²) in [6.07, 6.45) is 7.19. The molecule has 2 aliphatic rings. The number of ether oxygens (including phenoxy) is 2. The third-order valence-electron chi connectivity index (χ3n) is 4.76. The monoisotopic (exact) mass is 269 g/mol. The first-order valence-corrected chi connectivity index (χ1v) is 8.10. The topological polar surface area (TPSA) is 30.5 Å². The quantitative estimate of drug-likeness (QED) is 0.593. The Morgan fingerprint density at radius 3 is 2.79 bits per heavy atom. The number of rotatable bonds is 6. The fourth-order valence-corrected chi connectivity index (χ4v) is 3.50. The number of nitrogens with one attached hydrogen (secondary N) is 1. The van der Waals surface area contributed by atoms with Crippen LogP contribution in [0.15, 0.2) is 0 Å². The summed E-state index contributed by atoms with van der Waals surface area (Å²) in [7, 11) is 0. The van der Waals surface area contributed by atoms with Gasteiger partial charge < -0.3 is 9.47 Å². The lowest BCUT2D eigenvalue weighted by molar-refractivity contribution is -0.0478. The van der Waals surface area contributed by atoms with Gasteiger partial charge in [-0.05, 0) is 43.4 Å². The summed E-state index contributed by atoms with van der Waals surface area (Å²) in [5, 5.41) is 3.40. The van der Waals surface area contributed by atoms with Gasteiger partial charge in [0.05, 0.1) is 18.9 Å². The molecule has 0 amide bonds. The molecule has 0 spiro atoms. The summed E-state index contributed by atoms with van der Waals surface area (Å²) in [4.78, 5) is 0. The molecule has 1 saturated carbocycles. The fourth-order valence-electron chi connectivity index (χ4n) is 3.50. The molecule has 1 aliphatic carbocycles. The van der Waals surface area contributed by atoms with Crippen molar-refractivity contribution < 1.29 is 9.47 Å². The molecule has 1 saturated heterocycles. The summed E-state index contributed by atoms with van der Waals surface area (Å²) in [6.45, 7) is 9.57. The molecule has 3 heteroatoms. The summed E-state index contributed by atoms with van der Waals surface area (Å²) in [5.74, 6) is 2.29. The predicted octanol–water partition coefficient (Wildman–Crippen LogP) is 3.19. The third kappa shape index (κ3) is 4.73. The minimum atomic E-state index is 0.412. The molecule has 2 rings (SSSR count). The Kier molecular flexibility index (Phi) is 6.11. The van der Waals surface area contributed by atoms with E-state index in [0.717, 1.165) is 30.9 Å². The SMILES string of the molecule is CC1CCC(C(C)C)C(OCNCC2CCCO2)C1. The van der Waals surface area contributed by atoms with E-state index >= 15 is 0 Å². The van der Waals surface area contributed by atoms with Crippen LogP contribution < -0.4 is 5.32 Å². The van der Waals surface area contributed by atoms with Crippen molar-refractivity contribution in [1.29, 1.82) is 0 Å². The minimum Gasteiger partial charge on any atom is -0.377 e. The largest absolute Gasteiger partial charge is 0.377 e. The predicted molar refractivity (Wildman–Crippen MR) is 78.1 cm³/mol. The Labute approximate surface area is 118 Å². The molecule has 1 N–H and O–H groups in total. The van der Waals surface area contributed by atoms with Gasteiger partial charge in [0.2, 0.25) is 0 Å². The summed E-state index contributed by atoms with van der Waals surface area (Å²) < 4.78 is 11.7. The van der Waals surface area contributed by atoms with Gasteiger partial charge in [-0.2, -0.15) is 0 Å². The fraction of sp³-hybridized carbons (Fsp3) is 1.00. The van der Waals surface area contributed by atoms with Crippen LogP contribution in [-0.4, -0.2) is 32.1 Å². The van der Waals surface area contributed by atoms with Crippen LogP contribution in [0.1, 0.15) is 52.9 Å². The van der Waals surface area contributed by atoms with Gasteiger partial charge in [0.25, 0.3) is 0 Å². The third-order valence-corrected chi connectivity index (χ3v) is 4.76. The van der Waals surface area contributed by atoms with E-state index < -0.39 is 0 Å². The first kappa shape index (κ1) is 15.3. The van der Waals surface area contributed by atoms with Crippen molar-refractivity contribution in [1.82, 2.24) is 5.32 Å². The lowest BCUT2D eigenvalue weighted by Crippen LogP contribution is -2.38. The van der Waals surface area contributed by atoms with Gasteiger partial charge in [-0.15, -0.1) is 0 Å². The maximum absolute atomic E-state index is 6.12. The van der Waals surface area contributed by atoms with E-state index in [-0.39, 0.29) is 0 Å². The molecule has 3 nitrogen and oxygen atoms in total. The van der Waals surface area contributed by atoms with E-state index in [1.165, 1.54) is 32.1 Å². The Bertz CT molecular complexity index is 251. The second kappa shape index (κ2) is 7.61. The van der Waals surface area contributed by atoms with Gasteiger partial charge >= 0.3 is 0 Å². The highest BCUT2D eigenvalue weighted by atomic mass is 16.5. The Balaban J connectivity index is 1.66. The normalized spacial score (nSPS) is 36.0. The van der Waals surface area contributed by atoms with E-state index in [1.807, 2.05) is 0 Å². The van der Waals surface area contributed by atoms with Gasteiger partial charge in [0.15, 0.2) is 0 Å². The molecule has 0 aromatic heterocycles. The molecule has 2 fully saturated rings. The van der Waals surface area contributed by atoms with Crippen LogP contribution in [0.2, 0.25) is 0 Å². The second-order valence-electron chi connectivity index (χ2n) is 6.76. The van der Waals surface area contributed by atoms with Crippen LogP contribution in [0.3, 0.4) is 0 Å². The van der Waals surface area contributed by atoms with Crippen molar-refractivity contribution >= 4 is 0 Å². The van der Waals surface area contributed by atoms with Gasteiger partial charge in [0, 0.05) is 13.2 Å². The van der Waals surface area contributed by atoms with E-state index in [9.17, 15) is 0 Å². The molecule has 4 atom stereocenters. The van der Waals surface area contributed by atoms with E-state index in [2.05, 4.69) is 26.1 Å². The van der Waals surface area contributed by atoms with Crippen LogP contribution >= 0.6 is 0 Å². The number of hydrogen-bond acceptors (Lipinski definition) is 3. The van der Waals surface area contributed by atoms with Crippen LogP contribution in [0.25, 0.3) is 0 Å². The maximum atomic E-state index is 6.12. The van der Waals surface area contributed by atoms with Crippen LogP contribution in [-0.2, 0) is 9.47 Å². The zero-order valence-corrected chi connectivity index (χ0v) is 12.9. The van der Waals surface area contributed by atoms with E-state index in [4.69, 9.17) is 9.47 Å². The first-order valence-electron chi connectivity index (χ1n) is 8.10. The molecular weight excluding hydrogens is 238 g/mol. The highest BCUT2D eigenvalue weighted by molar-refractivity contribution is 4.81. The molecule has 4 unspecified atom stereocenters. The first-order chi connectivity index (χ1) is 9.16. The van der Waals surface area contributed by atoms with Crippen LogP contribution in [0.5, 0.6) is 0 Å². The van der Waals surface area contributed by atoms with Crippen molar-refractivity contribution in [3.8, 4) is 0 Å². The molecule has 1 heterocycles. The van der Waals surface area contributed by atoms with Crippen molar-refractivity contribution in [3.63, 3.8) is 0 Å². The van der Waals surface area contributed by atoms with Crippen molar-refractivity contribution in [3.05, 3.63) is 0 Å². The molecule has 0 aromatic carbocycles. The average molecular weight is 269 g/mol. The van der Waals surface area contributed by atoms with Crippen molar-refractivity contribution in [2.24, 2.45) is 17.8 Å². The summed E-state index contributed by atoms with van der Waals surface area (Å²) >= 11 is 0. The maximum Gasteiger partial charge on any atom is 0.0970 e. The van der Waals surface area contributed by atoms with E-state index in [0.29, 0.717) is 18.9 Å². The van der Waals surface area contributed by atoms with Crippen molar-refractivity contribution in [2.45, 2.75) is 65.1 Å². The van der Waals surface area contributed by atoms with Crippen molar-refractivity contribution in [2.75, 3.05) is 19.9 Å². The standard InChI is InChI=1S/C16H31NO2/c1-12(2)15-7-6-13(3)9-16(15)19-11-17-10-14-5-4-8-18-14/h12-17H,4-11H2,1-3H3. The zero-order valence-electron chi connectivity index (χ0n) is 12.9. The second-order valence-corrected chi connectivity index (χ2v) is 6.76. The minimum absolute atomic E-state index is 0.412. The Hall–Kier alpha value is -0.120. The van der Waals surface area contributed by atoms with Gasteiger partial charge in [-0.1, -0.05) is 27.2 Å². The highest BCUT2D eigenvalue weighted by Gasteiger charge is 2.31. The molecule has 0 aromatic rings. The summed E-state index contributed by atoms with van der Waals surface area (Å²) in [5.41, 5.74) is 0. The molecular formula is C16H31NO2. The Morgan fingerprint density at radius 2 is 2.11 bits per heavy atom. The molecule has 0 bridgehead atoms. The zero-order chi connectivity index (χ0) is 13.7. The smallest absolute Gasteiger partial charge is 0.0970 e. The Morgan fingerprint density at radius 1 is 1.26 bits per heavy atom. The van der Waals surface area contributed by atoms with Gasteiger partial charge in [-0.3, -0.25) is 5.32 Å². The lowest BCUT2D eigenvalue weighted by atomic mass is 9.75. The molecule has 112 valence electrons. The molecule has 1 aliphatic heterocycles. The van der Waals surface area contributed by atoms with Gasteiger partial charge in [0.1, 0.15) is 0 Å². The van der Waals surface area contributed by atoms with E-state index in [1.54, 1.807) is 0 Å². The average Bonchev–Trinajstić information content (AvgIpc) is 2.87. The lowest BCUT2D eigenvalue weighted by Gasteiger charge is -2.37. The van der Waals surface area contributed by atoms with Crippen LogP contribution in [0.4, 0.5) is 0 Å².